The third-order valence-corrected chi connectivity index (χ3v) is 3.08. The molecule has 0 bridgehead atoms. The molecular weight excluding hydrogens is 254 g/mol. The minimum atomic E-state index is -0.429. The molecule has 6 nitrogen and oxygen atoms in total. The standard InChI is InChI=1S/C14H17N5O/c1-9-10(2)18-19-14(16-9)17-13(20)12(8-15)11-6-4-3-5-7-11/h3-7,12H,8,15H2,1-2H3,(H,16,17,19,20). The second kappa shape index (κ2) is 6.21. The molecule has 2 aromatic rings. The monoisotopic (exact) mass is 271 g/mol. The van der Waals surface area contributed by atoms with Crippen molar-refractivity contribution in [3.8, 4) is 0 Å². The Hall–Kier alpha value is -2.34. The molecule has 0 spiro atoms. The van der Waals surface area contributed by atoms with Crippen LogP contribution in [0.5, 0.6) is 0 Å². The zero-order chi connectivity index (χ0) is 14.5. The molecule has 0 radical (unpaired) electrons. The molecule has 0 fully saturated rings. The van der Waals surface area contributed by atoms with Crippen molar-refractivity contribution in [2.45, 2.75) is 19.8 Å². The Morgan fingerprint density at radius 2 is 1.90 bits per heavy atom. The van der Waals surface area contributed by atoms with Gasteiger partial charge in [-0.1, -0.05) is 30.3 Å². The van der Waals surface area contributed by atoms with Gasteiger partial charge in [-0.25, -0.2) is 4.98 Å². The van der Waals surface area contributed by atoms with Gasteiger partial charge in [-0.3, -0.25) is 10.1 Å². The SMILES string of the molecule is Cc1nnc(NC(=O)C(CN)c2ccccc2)nc1C. The lowest BCUT2D eigenvalue weighted by molar-refractivity contribution is -0.117. The quantitative estimate of drug-likeness (QED) is 0.870. The summed E-state index contributed by atoms with van der Waals surface area (Å²) in [5.74, 6) is -0.461. The maximum absolute atomic E-state index is 12.2. The lowest BCUT2D eigenvalue weighted by Crippen LogP contribution is -2.28. The summed E-state index contributed by atoms with van der Waals surface area (Å²) in [7, 11) is 0. The summed E-state index contributed by atoms with van der Waals surface area (Å²) in [6.45, 7) is 3.85. The Labute approximate surface area is 117 Å². The topological polar surface area (TPSA) is 93.8 Å². The molecule has 6 heteroatoms. The molecule has 1 aromatic carbocycles. The minimum Gasteiger partial charge on any atom is -0.329 e. The summed E-state index contributed by atoms with van der Waals surface area (Å²) in [5, 5.41) is 10.4. The maximum atomic E-state index is 12.2. The number of carbonyl (C=O) groups is 1. The van der Waals surface area contributed by atoms with Gasteiger partial charge >= 0.3 is 0 Å². The molecule has 0 aliphatic rings. The smallest absolute Gasteiger partial charge is 0.249 e. The van der Waals surface area contributed by atoms with E-state index >= 15 is 0 Å². The van der Waals surface area contributed by atoms with Crippen molar-refractivity contribution in [1.29, 1.82) is 0 Å². The predicted molar refractivity (Wildman–Crippen MR) is 76.2 cm³/mol. The molecule has 3 N–H and O–H groups in total. The summed E-state index contributed by atoms with van der Waals surface area (Å²) in [5.41, 5.74) is 8.03. The Kier molecular flexibility index (Phi) is 4.37. The van der Waals surface area contributed by atoms with Crippen molar-refractivity contribution < 1.29 is 4.79 Å². The van der Waals surface area contributed by atoms with E-state index < -0.39 is 5.92 Å². The Bertz CT molecular complexity index is 600. The maximum Gasteiger partial charge on any atom is 0.249 e. The van der Waals surface area contributed by atoms with Crippen LogP contribution in [-0.2, 0) is 4.79 Å². The second-order valence-corrected chi connectivity index (χ2v) is 4.49. The third kappa shape index (κ3) is 3.16. The molecule has 0 aliphatic heterocycles. The van der Waals surface area contributed by atoms with Crippen molar-refractivity contribution in [3.63, 3.8) is 0 Å². The van der Waals surface area contributed by atoms with E-state index in [-0.39, 0.29) is 18.4 Å². The van der Waals surface area contributed by atoms with Gasteiger partial charge in [0.25, 0.3) is 0 Å². The number of amides is 1. The number of hydrogen-bond donors (Lipinski definition) is 2. The van der Waals surface area contributed by atoms with Crippen LogP contribution in [-0.4, -0.2) is 27.6 Å². The molecule has 20 heavy (non-hydrogen) atoms. The van der Waals surface area contributed by atoms with E-state index in [0.29, 0.717) is 0 Å². The van der Waals surface area contributed by atoms with Gasteiger partial charge in [0.05, 0.1) is 17.3 Å². The fraction of sp³-hybridized carbons (Fsp3) is 0.286. The number of nitrogens with one attached hydrogen (secondary N) is 1. The predicted octanol–water partition coefficient (Wildman–Crippen LogP) is 1.17. The van der Waals surface area contributed by atoms with Crippen molar-refractivity contribution in [2.75, 3.05) is 11.9 Å². The number of hydrogen-bond acceptors (Lipinski definition) is 5. The highest BCUT2D eigenvalue weighted by molar-refractivity contribution is 5.94. The Morgan fingerprint density at radius 3 is 2.50 bits per heavy atom. The number of anilines is 1. The fourth-order valence-corrected chi connectivity index (χ4v) is 1.79. The van der Waals surface area contributed by atoms with E-state index in [9.17, 15) is 4.79 Å². The number of benzene rings is 1. The van der Waals surface area contributed by atoms with Crippen LogP contribution in [0.25, 0.3) is 0 Å². The van der Waals surface area contributed by atoms with E-state index in [1.165, 1.54) is 0 Å². The second-order valence-electron chi connectivity index (χ2n) is 4.49. The van der Waals surface area contributed by atoms with Gasteiger partial charge < -0.3 is 5.73 Å². The number of nitrogens with two attached hydrogens (primary N) is 1. The van der Waals surface area contributed by atoms with Crippen molar-refractivity contribution in [2.24, 2.45) is 5.73 Å². The normalized spacial score (nSPS) is 11.9. The molecule has 1 atom stereocenters. The first-order valence-electron chi connectivity index (χ1n) is 6.35. The summed E-state index contributed by atoms with van der Waals surface area (Å²) in [6.07, 6.45) is 0. The minimum absolute atomic E-state index is 0.201. The van der Waals surface area contributed by atoms with E-state index in [2.05, 4.69) is 20.5 Å². The van der Waals surface area contributed by atoms with E-state index in [1.54, 1.807) is 0 Å². The number of aryl methyl sites for hydroxylation is 2. The first kappa shape index (κ1) is 14.1. The lowest BCUT2D eigenvalue weighted by Gasteiger charge is -2.14. The van der Waals surface area contributed by atoms with E-state index in [4.69, 9.17) is 5.73 Å². The van der Waals surface area contributed by atoms with Gasteiger partial charge in [-0.2, -0.15) is 5.10 Å². The molecule has 2 rings (SSSR count). The summed E-state index contributed by atoms with van der Waals surface area (Å²) in [6, 6.07) is 9.39. The van der Waals surface area contributed by atoms with Crippen molar-refractivity contribution in [3.05, 3.63) is 47.3 Å². The molecule has 1 unspecified atom stereocenters. The molecule has 104 valence electrons. The fourth-order valence-electron chi connectivity index (χ4n) is 1.79. The van der Waals surface area contributed by atoms with Crippen LogP contribution < -0.4 is 11.1 Å². The van der Waals surface area contributed by atoms with Crippen LogP contribution in [0.3, 0.4) is 0 Å². The number of aromatic nitrogens is 3. The molecular formula is C14H17N5O. The highest BCUT2D eigenvalue weighted by Gasteiger charge is 2.20. The first-order valence-corrected chi connectivity index (χ1v) is 6.35. The number of nitrogens with zero attached hydrogens (tertiary/aromatic N) is 3. The largest absolute Gasteiger partial charge is 0.329 e. The van der Waals surface area contributed by atoms with Crippen LogP contribution in [0.2, 0.25) is 0 Å². The van der Waals surface area contributed by atoms with Crippen LogP contribution in [0.4, 0.5) is 5.95 Å². The summed E-state index contributed by atoms with van der Waals surface area (Å²) < 4.78 is 0. The summed E-state index contributed by atoms with van der Waals surface area (Å²) in [4.78, 5) is 16.4. The van der Waals surface area contributed by atoms with E-state index in [1.807, 2.05) is 44.2 Å². The molecule has 0 saturated carbocycles. The van der Waals surface area contributed by atoms with E-state index in [0.717, 1.165) is 17.0 Å². The molecule has 0 aliphatic carbocycles. The average Bonchev–Trinajstić information content (AvgIpc) is 2.45. The zero-order valence-corrected chi connectivity index (χ0v) is 11.5. The van der Waals surface area contributed by atoms with Crippen molar-refractivity contribution in [1.82, 2.24) is 15.2 Å². The average molecular weight is 271 g/mol. The van der Waals surface area contributed by atoms with Gasteiger partial charge in [0, 0.05) is 6.54 Å². The number of rotatable bonds is 4. The van der Waals surface area contributed by atoms with Gasteiger partial charge in [0.2, 0.25) is 11.9 Å². The molecule has 0 saturated heterocycles. The highest BCUT2D eigenvalue weighted by Crippen LogP contribution is 2.16. The first-order chi connectivity index (χ1) is 9.61. The third-order valence-electron chi connectivity index (χ3n) is 3.08. The summed E-state index contributed by atoms with van der Waals surface area (Å²) >= 11 is 0. The van der Waals surface area contributed by atoms with Crippen molar-refractivity contribution >= 4 is 11.9 Å². The molecule has 1 heterocycles. The lowest BCUT2D eigenvalue weighted by atomic mass is 9.98. The van der Waals surface area contributed by atoms with Crippen LogP contribution in [0.1, 0.15) is 22.9 Å². The highest BCUT2D eigenvalue weighted by atomic mass is 16.2. The van der Waals surface area contributed by atoms with Gasteiger partial charge in [0.15, 0.2) is 0 Å². The Morgan fingerprint density at radius 1 is 1.20 bits per heavy atom. The van der Waals surface area contributed by atoms with Gasteiger partial charge in [-0.05, 0) is 19.4 Å². The van der Waals surface area contributed by atoms with Gasteiger partial charge in [-0.15, -0.1) is 5.10 Å². The van der Waals surface area contributed by atoms with Crippen LogP contribution in [0, 0.1) is 13.8 Å². The number of carbonyl (C=O) groups excluding carboxylic acids is 1. The zero-order valence-electron chi connectivity index (χ0n) is 11.5. The van der Waals surface area contributed by atoms with Crippen LogP contribution >= 0.6 is 0 Å². The Balaban J connectivity index is 2.15. The van der Waals surface area contributed by atoms with Gasteiger partial charge in [0.1, 0.15) is 0 Å². The molecule has 1 amide bonds. The van der Waals surface area contributed by atoms with Crippen LogP contribution in [0.15, 0.2) is 30.3 Å². The molecule has 1 aromatic heterocycles.